The Morgan fingerprint density at radius 1 is 1.22 bits per heavy atom. The molecule has 0 bridgehead atoms. The molecule has 0 heterocycles. The van der Waals surface area contributed by atoms with Crippen molar-refractivity contribution in [3.8, 4) is 0 Å². The Morgan fingerprint density at radius 3 is 2.39 bits per heavy atom. The monoisotopic (exact) mass is 259 g/mol. The molecular formula is C13H25NO4. The topological polar surface area (TPSA) is 66.8 Å². The number of rotatable bonds is 10. The van der Waals surface area contributed by atoms with Crippen molar-refractivity contribution in [3.63, 3.8) is 0 Å². The summed E-state index contributed by atoms with van der Waals surface area (Å²) < 4.78 is 5.40. The lowest BCUT2D eigenvalue weighted by Crippen LogP contribution is -2.34. The Bertz CT molecular complexity index is 253. The SMILES string of the molecule is CCCC(=O)N(CCCOC(C)C)CCC(=O)O. The second-order valence-electron chi connectivity index (χ2n) is 4.55. The summed E-state index contributed by atoms with van der Waals surface area (Å²) in [4.78, 5) is 23.9. The van der Waals surface area contributed by atoms with E-state index in [0.717, 1.165) is 12.8 Å². The van der Waals surface area contributed by atoms with E-state index in [2.05, 4.69) is 0 Å². The van der Waals surface area contributed by atoms with Gasteiger partial charge in [-0.15, -0.1) is 0 Å². The molecule has 0 aliphatic rings. The molecule has 1 amide bonds. The fourth-order valence-corrected chi connectivity index (χ4v) is 1.54. The van der Waals surface area contributed by atoms with Crippen molar-refractivity contribution in [2.75, 3.05) is 19.7 Å². The van der Waals surface area contributed by atoms with E-state index in [1.54, 1.807) is 4.90 Å². The van der Waals surface area contributed by atoms with Crippen LogP contribution in [0.2, 0.25) is 0 Å². The first-order chi connectivity index (χ1) is 8.47. The number of amides is 1. The molecule has 0 aromatic heterocycles. The molecule has 0 aliphatic carbocycles. The van der Waals surface area contributed by atoms with E-state index in [1.165, 1.54) is 0 Å². The van der Waals surface area contributed by atoms with Gasteiger partial charge in [0.25, 0.3) is 0 Å². The van der Waals surface area contributed by atoms with Crippen molar-refractivity contribution in [2.24, 2.45) is 0 Å². The minimum absolute atomic E-state index is 0.000488. The van der Waals surface area contributed by atoms with Gasteiger partial charge in [0.15, 0.2) is 0 Å². The molecule has 106 valence electrons. The number of carbonyl (C=O) groups is 2. The molecule has 0 aliphatic heterocycles. The molecule has 0 saturated carbocycles. The first-order valence-corrected chi connectivity index (χ1v) is 6.58. The molecule has 0 rings (SSSR count). The van der Waals surface area contributed by atoms with Crippen LogP contribution >= 0.6 is 0 Å². The van der Waals surface area contributed by atoms with Crippen molar-refractivity contribution in [1.82, 2.24) is 4.90 Å². The van der Waals surface area contributed by atoms with Crippen LogP contribution in [0.4, 0.5) is 0 Å². The number of hydrogen-bond donors (Lipinski definition) is 1. The van der Waals surface area contributed by atoms with Gasteiger partial charge in [-0.05, 0) is 26.7 Å². The van der Waals surface area contributed by atoms with Gasteiger partial charge in [0.2, 0.25) is 5.91 Å². The second kappa shape index (κ2) is 9.88. The maximum atomic E-state index is 11.8. The van der Waals surface area contributed by atoms with Crippen molar-refractivity contribution < 1.29 is 19.4 Å². The maximum absolute atomic E-state index is 11.8. The zero-order chi connectivity index (χ0) is 14.0. The highest BCUT2D eigenvalue weighted by molar-refractivity contribution is 5.76. The summed E-state index contributed by atoms with van der Waals surface area (Å²) in [5.41, 5.74) is 0. The lowest BCUT2D eigenvalue weighted by molar-refractivity contribution is -0.138. The van der Waals surface area contributed by atoms with E-state index < -0.39 is 5.97 Å². The van der Waals surface area contributed by atoms with Crippen LogP contribution in [0.1, 0.15) is 46.5 Å². The van der Waals surface area contributed by atoms with E-state index in [4.69, 9.17) is 9.84 Å². The predicted octanol–water partition coefficient (Wildman–Crippen LogP) is 1.90. The Balaban J connectivity index is 4.03. The molecule has 0 saturated heterocycles. The number of carboxylic acids is 1. The summed E-state index contributed by atoms with van der Waals surface area (Å²) >= 11 is 0. The van der Waals surface area contributed by atoms with Gasteiger partial charge >= 0.3 is 5.97 Å². The lowest BCUT2D eigenvalue weighted by atomic mass is 10.2. The fraction of sp³-hybridized carbons (Fsp3) is 0.846. The first-order valence-electron chi connectivity index (χ1n) is 6.58. The van der Waals surface area contributed by atoms with Gasteiger partial charge in [0.1, 0.15) is 0 Å². The highest BCUT2D eigenvalue weighted by Crippen LogP contribution is 2.02. The molecular weight excluding hydrogens is 234 g/mol. The third-order valence-electron chi connectivity index (χ3n) is 2.44. The summed E-state index contributed by atoms with van der Waals surface area (Å²) in [5, 5.41) is 8.66. The summed E-state index contributed by atoms with van der Waals surface area (Å²) in [6.45, 7) is 7.32. The quantitative estimate of drug-likeness (QED) is 0.608. The molecule has 0 fully saturated rings. The van der Waals surface area contributed by atoms with E-state index in [0.29, 0.717) is 19.6 Å². The van der Waals surface area contributed by atoms with Gasteiger partial charge in [0.05, 0.1) is 12.5 Å². The third kappa shape index (κ3) is 8.98. The number of nitrogens with zero attached hydrogens (tertiary/aromatic N) is 1. The normalized spacial score (nSPS) is 10.7. The van der Waals surface area contributed by atoms with Gasteiger partial charge in [-0.25, -0.2) is 0 Å². The average Bonchev–Trinajstić information content (AvgIpc) is 2.27. The van der Waals surface area contributed by atoms with Crippen LogP contribution in [-0.4, -0.2) is 47.7 Å². The molecule has 0 aromatic carbocycles. The van der Waals surface area contributed by atoms with Crippen LogP contribution < -0.4 is 0 Å². The Hall–Kier alpha value is -1.10. The van der Waals surface area contributed by atoms with Crippen molar-refractivity contribution >= 4 is 11.9 Å². The second-order valence-corrected chi connectivity index (χ2v) is 4.55. The molecule has 5 nitrogen and oxygen atoms in total. The molecule has 0 unspecified atom stereocenters. The molecule has 0 aromatic rings. The standard InChI is InChI=1S/C13H25NO4/c1-4-6-12(15)14(9-7-13(16)17)8-5-10-18-11(2)3/h11H,4-10H2,1-3H3,(H,16,17). The molecule has 1 N–H and O–H groups in total. The number of hydrogen-bond acceptors (Lipinski definition) is 3. The van der Waals surface area contributed by atoms with Gasteiger partial charge in [-0.3, -0.25) is 9.59 Å². The van der Waals surface area contributed by atoms with Crippen LogP contribution in [0.3, 0.4) is 0 Å². The molecule has 18 heavy (non-hydrogen) atoms. The third-order valence-corrected chi connectivity index (χ3v) is 2.44. The van der Waals surface area contributed by atoms with E-state index in [1.807, 2.05) is 20.8 Å². The summed E-state index contributed by atoms with van der Waals surface area (Å²) in [6, 6.07) is 0. The van der Waals surface area contributed by atoms with Gasteiger partial charge in [-0.1, -0.05) is 6.92 Å². The number of carboxylic acid groups (broad SMARTS) is 1. The van der Waals surface area contributed by atoms with Crippen LogP contribution in [0, 0.1) is 0 Å². The van der Waals surface area contributed by atoms with E-state index in [-0.39, 0.29) is 25.0 Å². The highest BCUT2D eigenvalue weighted by atomic mass is 16.5. The molecule has 0 radical (unpaired) electrons. The Morgan fingerprint density at radius 2 is 1.89 bits per heavy atom. The lowest BCUT2D eigenvalue weighted by Gasteiger charge is -2.22. The summed E-state index contributed by atoms with van der Waals surface area (Å²) in [7, 11) is 0. The zero-order valence-electron chi connectivity index (χ0n) is 11.6. The summed E-state index contributed by atoms with van der Waals surface area (Å²) in [6.07, 6.45) is 2.19. The largest absolute Gasteiger partial charge is 0.481 e. The van der Waals surface area contributed by atoms with Crippen LogP contribution in [0.15, 0.2) is 0 Å². The Labute approximate surface area is 109 Å². The van der Waals surface area contributed by atoms with E-state index in [9.17, 15) is 9.59 Å². The fourth-order valence-electron chi connectivity index (χ4n) is 1.54. The molecule has 0 spiro atoms. The van der Waals surface area contributed by atoms with Gasteiger partial charge < -0.3 is 14.7 Å². The predicted molar refractivity (Wildman–Crippen MR) is 69.4 cm³/mol. The zero-order valence-corrected chi connectivity index (χ0v) is 11.6. The average molecular weight is 259 g/mol. The molecule has 5 heteroatoms. The first kappa shape index (κ1) is 16.9. The molecule has 0 atom stereocenters. The highest BCUT2D eigenvalue weighted by Gasteiger charge is 2.13. The maximum Gasteiger partial charge on any atom is 0.305 e. The van der Waals surface area contributed by atoms with Crippen LogP contribution in [0.25, 0.3) is 0 Å². The van der Waals surface area contributed by atoms with Crippen LogP contribution in [0.5, 0.6) is 0 Å². The Kier molecular flexibility index (Phi) is 9.28. The minimum atomic E-state index is -0.872. The van der Waals surface area contributed by atoms with Crippen LogP contribution in [-0.2, 0) is 14.3 Å². The van der Waals surface area contributed by atoms with Gasteiger partial charge in [-0.2, -0.15) is 0 Å². The minimum Gasteiger partial charge on any atom is -0.481 e. The van der Waals surface area contributed by atoms with Gasteiger partial charge in [0, 0.05) is 26.1 Å². The van der Waals surface area contributed by atoms with Crippen molar-refractivity contribution in [1.29, 1.82) is 0 Å². The number of aliphatic carboxylic acids is 1. The van der Waals surface area contributed by atoms with Crippen molar-refractivity contribution in [2.45, 2.75) is 52.6 Å². The number of carbonyl (C=O) groups excluding carboxylic acids is 1. The van der Waals surface area contributed by atoms with E-state index >= 15 is 0 Å². The summed E-state index contributed by atoms with van der Waals surface area (Å²) in [5.74, 6) is -0.842. The smallest absolute Gasteiger partial charge is 0.305 e. The number of ether oxygens (including phenoxy) is 1. The van der Waals surface area contributed by atoms with Crippen molar-refractivity contribution in [3.05, 3.63) is 0 Å².